The average Bonchev–Trinajstić information content (AvgIpc) is 2.97. The van der Waals surface area contributed by atoms with Gasteiger partial charge in [-0.25, -0.2) is 14.8 Å². The summed E-state index contributed by atoms with van der Waals surface area (Å²) in [6, 6.07) is 6.80. The number of hydrogen-bond acceptors (Lipinski definition) is 4. The molecule has 3 aromatic rings. The van der Waals surface area contributed by atoms with Crippen molar-refractivity contribution >= 4 is 27.5 Å². The lowest BCUT2D eigenvalue weighted by Crippen LogP contribution is -2.12. The molecule has 1 aromatic carbocycles. The Morgan fingerprint density at radius 3 is 2.71 bits per heavy atom. The highest BCUT2D eigenvalue weighted by atomic mass is 79.9. The lowest BCUT2D eigenvalue weighted by molar-refractivity contribution is -0.141. The van der Waals surface area contributed by atoms with Crippen molar-refractivity contribution in [3.8, 4) is 11.3 Å². The van der Waals surface area contributed by atoms with Crippen molar-refractivity contribution in [3.63, 3.8) is 0 Å². The number of halogens is 4. The Labute approximate surface area is 142 Å². The van der Waals surface area contributed by atoms with Crippen LogP contribution >= 0.6 is 15.9 Å². The molecular formula is C15H9BrF3N3O2. The predicted octanol–water partition coefficient (Wildman–Crippen LogP) is 3.96. The highest BCUT2D eigenvalue weighted by molar-refractivity contribution is 9.10. The van der Waals surface area contributed by atoms with Crippen molar-refractivity contribution < 1.29 is 22.7 Å². The van der Waals surface area contributed by atoms with Gasteiger partial charge in [0.05, 0.1) is 13.3 Å². The maximum Gasteiger partial charge on any atom is 0.433 e. The van der Waals surface area contributed by atoms with Gasteiger partial charge in [-0.3, -0.25) is 4.40 Å². The van der Waals surface area contributed by atoms with Crippen LogP contribution in [0.1, 0.15) is 16.2 Å². The van der Waals surface area contributed by atoms with Gasteiger partial charge in [0, 0.05) is 16.2 Å². The molecule has 2 aromatic heterocycles. The number of hydrogen-bond donors (Lipinski definition) is 0. The summed E-state index contributed by atoms with van der Waals surface area (Å²) in [6.45, 7) is 0. The van der Waals surface area contributed by atoms with Crippen molar-refractivity contribution in [1.82, 2.24) is 14.4 Å². The number of carbonyl (C=O) groups excluding carboxylic acids is 1. The first-order valence-corrected chi connectivity index (χ1v) is 7.40. The maximum absolute atomic E-state index is 13.2. The Morgan fingerprint density at radius 2 is 2.08 bits per heavy atom. The van der Waals surface area contributed by atoms with Gasteiger partial charge in [-0.1, -0.05) is 28.1 Å². The zero-order valence-electron chi connectivity index (χ0n) is 12.1. The minimum atomic E-state index is -4.62. The number of aromatic nitrogens is 3. The third-order valence-corrected chi connectivity index (χ3v) is 3.77. The average molecular weight is 400 g/mol. The Hall–Kier alpha value is -2.42. The summed E-state index contributed by atoms with van der Waals surface area (Å²) in [4.78, 5) is 19.7. The number of nitrogens with zero attached hydrogens (tertiary/aromatic N) is 3. The molecule has 0 saturated heterocycles. The molecule has 0 aliphatic heterocycles. The van der Waals surface area contributed by atoms with E-state index in [0.717, 1.165) is 17.7 Å². The molecule has 2 heterocycles. The third kappa shape index (κ3) is 2.86. The van der Waals surface area contributed by atoms with Gasteiger partial charge in [0.15, 0.2) is 11.3 Å². The lowest BCUT2D eigenvalue weighted by Gasteiger charge is -2.10. The molecule has 0 N–H and O–H groups in total. The van der Waals surface area contributed by atoms with Crippen LogP contribution in [0, 0.1) is 0 Å². The number of fused-ring (bicyclic) bond motifs is 1. The molecule has 9 heteroatoms. The van der Waals surface area contributed by atoms with Crippen LogP contribution in [0.2, 0.25) is 0 Å². The predicted molar refractivity (Wildman–Crippen MR) is 82.5 cm³/mol. The van der Waals surface area contributed by atoms with Crippen LogP contribution in [0.3, 0.4) is 0 Å². The van der Waals surface area contributed by atoms with Gasteiger partial charge < -0.3 is 4.74 Å². The van der Waals surface area contributed by atoms with Crippen molar-refractivity contribution in [2.45, 2.75) is 6.18 Å². The summed E-state index contributed by atoms with van der Waals surface area (Å²) >= 11 is 3.29. The van der Waals surface area contributed by atoms with E-state index in [1.807, 2.05) is 0 Å². The van der Waals surface area contributed by atoms with E-state index in [1.165, 1.54) is 0 Å². The summed E-state index contributed by atoms with van der Waals surface area (Å²) in [6.07, 6.45) is -2.94. The number of rotatable bonds is 2. The summed E-state index contributed by atoms with van der Waals surface area (Å²) < 4.78 is 45.6. The van der Waals surface area contributed by atoms with Crippen LogP contribution in [0.5, 0.6) is 0 Å². The van der Waals surface area contributed by atoms with Crippen LogP contribution in [-0.4, -0.2) is 27.4 Å². The Kier molecular flexibility index (Phi) is 4.04. The fourth-order valence-corrected chi connectivity index (χ4v) is 2.63. The number of benzene rings is 1. The molecule has 0 aliphatic carbocycles. The molecule has 0 amide bonds. The standard InChI is InChI=1S/C15H9BrF3N3O2/c1-24-14(23)10-7-22-11(15(17,18)19)6-20-13(22)12(21-10)8-3-2-4-9(16)5-8/h2-7H,1H3. The molecule has 0 fully saturated rings. The molecular weight excluding hydrogens is 391 g/mol. The molecule has 5 nitrogen and oxygen atoms in total. The molecule has 0 spiro atoms. The summed E-state index contributed by atoms with van der Waals surface area (Å²) in [7, 11) is 1.13. The second kappa shape index (κ2) is 5.90. The molecule has 0 radical (unpaired) electrons. The van der Waals surface area contributed by atoms with Crippen LogP contribution in [0.25, 0.3) is 16.9 Å². The van der Waals surface area contributed by atoms with Gasteiger partial charge >= 0.3 is 12.1 Å². The zero-order chi connectivity index (χ0) is 17.5. The van der Waals surface area contributed by atoms with E-state index < -0.39 is 17.8 Å². The number of carbonyl (C=O) groups is 1. The van der Waals surface area contributed by atoms with Gasteiger partial charge in [-0.2, -0.15) is 13.2 Å². The number of esters is 1. The number of imidazole rings is 1. The Bertz CT molecular complexity index is 937. The molecule has 0 saturated carbocycles. The lowest BCUT2D eigenvalue weighted by atomic mass is 10.1. The minimum absolute atomic E-state index is 0.00641. The molecule has 0 atom stereocenters. The number of methoxy groups -OCH3 is 1. The fourth-order valence-electron chi connectivity index (χ4n) is 2.23. The van der Waals surface area contributed by atoms with Gasteiger partial charge in [0.25, 0.3) is 0 Å². The monoisotopic (exact) mass is 399 g/mol. The first-order valence-electron chi connectivity index (χ1n) is 6.61. The quantitative estimate of drug-likeness (QED) is 0.612. The van der Waals surface area contributed by atoms with Crippen molar-refractivity contribution in [2.75, 3.05) is 7.11 Å². The largest absolute Gasteiger partial charge is 0.464 e. The zero-order valence-corrected chi connectivity index (χ0v) is 13.7. The fraction of sp³-hybridized carbons (Fsp3) is 0.133. The number of ether oxygens (including phenoxy) is 1. The van der Waals surface area contributed by atoms with Crippen LogP contribution in [-0.2, 0) is 10.9 Å². The van der Waals surface area contributed by atoms with Gasteiger partial charge in [-0.05, 0) is 12.1 Å². The highest BCUT2D eigenvalue weighted by Crippen LogP contribution is 2.32. The van der Waals surface area contributed by atoms with E-state index in [4.69, 9.17) is 0 Å². The van der Waals surface area contributed by atoms with Crippen molar-refractivity contribution in [3.05, 3.63) is 52.5 Å². The van der Waals surface area contributed by atoms with Crippen molar-refractivity contribution in [2.24, 2.45) is 0 Å². The Balaban J connectivity index is 2.35. The molecule has 3 rings (SSSR count). The summed E-state index contributed by atoms with van der Waals surface area (Å²) in [5.74, 6) is -0.838. The molecule has 124 valence electrons. The molecule has 0 bridgehead atoms. The first-order chi connectivity index (χ1) is 11.3. The van der Waals surface area contributed by atoms with Crippen LogP contribution in [0.4, 0.5) is 13.2 Å². The summed E-state index contributed by atoms with van der Waals surface area (Å²) in [5, 5.41) is 0. The molecule has 24 heavy (non-hydrogen) atoms. The second-order valence-corrected chi connectivity index (χ2v) is 5.73. The molecule has 0 aliphatic rings. The van der Waals surface area contributed by atoms with E-state index in [1.54, 1.807) is 24.3 Å². The normalized spacial score (nSPS) is 11.7. The van der Waals surface area contributed by atoms with Crippen LogP contribution in [0.15, 0.2) is 41.1 Å². The second-order valence-electron chi connectivity index (χ2n) is 4.81. The smallest absolute Gasteiger partial charge is 0.433 e. The van der Waals surface area contributed by atoms with E-state index in [-0.39, 0.29) is 17.0 Å². The Morgan fingerprint density at radius 1 is 1.33 bits per heavy atom. The topological polar surface area (TPSA) is 56.5 Å². The maximum atomic E-state index is 13.2. The van der Waals surface area contributed by atoms with E-state index in [2.05, 4.69) is 30.6 Å². The van der Waals surface area contributed by atoms with E-state index >= 15 is 0 Å². The van der Waals surface area contributed by atoms with Gasteiger partial charge in [-0.15, -0.1) is 0 Å². The highest BCUT2D eigenvalue weighted by Gasteiger charge is 2.35. The minimum Gasteiger partial charge on any atom is -0.464 e. The SMILES string of the molecule is COC(=O)c1cn2c(C(F)(F)F)cnc2c(-c2cccc(Br)c2)n1. The van der Waals surface area contributed by atoms with Crippen LogP contribution < -0.4 is 0 Å². The van der Waals surface area contributed by atoms with Crippen molar-refractivity contribution in [1.29, 1.82) is 0 Å². The van der Waals surface area contributed by atoms with Gasteiger partial charge in [0.1, 0.15) is 11.4 Å². The number of alkyl halides is 3. The van der Waals surface area contributed by atoms with E-state index in [9.17, 15) is 18.0 Å². The molecule has 0 unspecified atom stereocenters. The summed E-state index contributed by atoms with van der Waals surface area (Å²) in [5.41, 5.74) is -0.591. The van der Waals surface area contributed by atoms with E-state index in [0.29, 0.717) is 16.2 Å². The first kappa shape index (κ1) is 16.4. The van der Waals surface area contributed by atoms with Gasteiger partial charge in [0.2, 0.25) is 0 Å². The third-order valence-electron chi connectivity index (χ3n) is 3.28.